The molecule has 6 nitrogen and oxygen atoms in total. The fourth-order valence-corrected chi connectivity index (χ4v) is 1.34. The van der Waals surface area contributed by atoms with Crippen molar-refractivity contribution in [2.24, 2.45) is 0 Å². The maximum Gasteiger partial charge on any atom is 0.322 e. The Bertz CT molecular complexity index is 536. The number of phenols is 1. The lowest BCUT2D eigenvalue weighted by molar-refractivity contribution is -0.115. The van der Waals surface area contributed by atoms with E-state index in [1.54, 1.807) is 25.1 Å². The van der Waals surface area contributed by atoms with Gasteiger partial charge in [0.25, 0.3) is 0 Å². The molecule has 0 aliphatic heterocycles. The summed E-state index contributed by atoms with van der Waals surface area (Å²) in [7, 11) is 0. The summed E-state index contributed by atoms with van der Waals surface area (Å²) in [5.74, 6) is 0.141. The summed E-state index contributed by atoms with van der Waals surface area (Å²) in [5, 5.41) is 19.2. The van der Waals surface area contributed by atoms with Crippen LogP contribution >= 0.6 is 0 Å². The largest absolute Gasteiger partial charge is 0.508 e. The van der Waals surface area contributed by atoms with Crippen molar-refractivity contribution in [3.8, 4) is 5.75 Å². The van der Waals surface area contributed by atoms with Crippen LogP contribution in [0, 0.1) is 6.92 Å². The Labute approximate surface area is 97.3 Å². The number of aromatic nitrogens is 2. The molecule has 0 saturated heterocycles. The summed E-state index contributed by atoms with van der Waals surface area (Å²) in [4.78, 5) is 11.6. The molecule has 0 spiro atoms. The first kappa shape index (κ1) is 11.1. The zero-order valence-electron chi connectivity index (χ0n) is 9.17. The maximum absolute atomic E-state index is 11.6. The molecule has 0 fully saturated rings. The van der Waals surface area contributed by atoms with E-state index in [4.69, 9.17) is 4.42 Å². The molecule has 1 aromatic heterocycles. The molecule has 2 aromatic rings. The van der Waals surface area contributed by atoms with Crippen molar-refractivity contribution in [1.82, 2.24) is 10.2 Å². The molecular weight excluding hydrogens is 222 g/mol. The SMILES string of the molecule is Cc1nnc(NC(=O)Cc2ccccc2O)o1. The Balaban J connectivity index is 2.01. The molecule has 6 heteroatoms. The number of aryl methyl sites for hydroxylation is 1. The van der Waals surface area contributed by atoms with Crippen LogP contribution in [0.1, 0.15) is 11.5 Å². The van der Waals surface area contributed by atoms with Crippen LogP contribution in [0.3, 0.4) is 0 Å². The van der Waals surface area contributed by atoms with Crippen LogP contribution < -0.4 is 5.32 Å². The van der Waals surface area contributed by atoms with E-state index in [1.807, 2.05) is 0 Å². The van der Waals surface area contributed by atoms with Gasteiger partial charge in [-0.15, -0.1) is 5.10 Å². The van der Waals surface area contributed by atoms with E-state index < -0.39 is 0 Å². The summed E-state index contributed by atoms with van der Waals surface area (Å²) < 4.78 is 5.01. The van der Waals surface area contributed by atoms with Gasteiger partial charge in [-0.1, -0.05) is 23.3 Å². The van der Waals surface area contributed by atoms with Gasteiger partial charge in [0.15, 0.2) is 0 Å². The molecule has 1 heterocycles. The number of aromatic hydroxyl groups is 1. The number of benzene rings is 1. The normalized spacial score (nSPS) is 10.2. The van der Waals surface area contributed by atoms with E-state index in [0.717, 1.165) is 0 Å². The van der Waals surface area contributed by atoms with Crippen molar-refractivity contribution in [3.63, 3.8) is 0 Å². The van der Waals surface area contributed by atoms with Crippen molar-refractivity contribution in [1.29, 1.82) is 0 Å². The molecule has 0 atom stereocenters. The Morgan fingerprint density at radius 2 is 2.18 bits per heavy atom. The second kappa shape index (κ2) is 4.65. The monoisotopic (exact) mass is 233 g/mol. The van der Waals surface area contributed by atoms with Crippen molar-refractivity contribution in [2.45, 2.75) is 13.3 Å². The average Bonchev–Trinajstić information content (AvgIpc) is 2.67. The van der Waals surface area contributed by atoms with E-state index in [2.05, 4.69) is 15.5 Å². The lowest BCUT2D eigenvalue weighted by Gasteiger charge is -2.03. The number of amides is 1. The topological polar surface area (TPSA) is 88.2 Å². The van der Waals surface area contributed by atoms with Gasteiger partial charge >= 0.3 is 6.01 Å². The van der Waals surface area contributed by atoms with Crippen LogP contribution in [0.25, 0.3) is 0 Å². The lowest BCUT2D eigenvalue weighted by Crippen LogP contribution is -2.14. The zero-order valence-corrected chi connectivity index (χ0v) is 9.17. The van der Waals surface area contributed by atoms with Crippen molar-refractivity contribution in [2.75, 3.05) is 5.32 Å². The molecule has 0 unspecified atom stereocenters. The van der Waals surface area contributed by atoms with Crippen LogP contribution in [-0.4, -0.2) is 21.2 Å². The van der Waals surface area contributed by atoms with Crippen molar-refractivity contribution in [3.05, 3.63) is 35.7 Å². The average molecular weight is 233 g/mol. The number of nitrogens with one attached hydrogen (secondary N) is 1. The van der Waals surface area contributed by atoms with Gasteiger partial charge in [0.2, 0.25) is 11.8 Å². The van der Waals surface area contributed by atoms with Gasteiger partial charge in [0, 0.05) is 12.5 Å². The highest BCUT2D eigenvalue weighted by molar-refractivity contribution is 5.90. The van der Waals surface area contributed by atoms with Gasteiger partial charge in [-0.2, -0.15) is 0 Å². The number of phenolic OH excluding ortho intramolecular Hbond substituents is 1. The smallest absolute Gasteiger partial charge is 0.322 e. The second-order valence-electron chi connectivity index (χ2n) is 3.48. The number of hydrogen-bond acceptors (Lipinski definition) is 5. The maximum atomic E-state index is 11.6. The summed E-state index contributed by atoms with van der Waals surface area (Å²) in [5.41, 5.74) is 0.543. The first-order chi connectivity index (χ1) is 8.15. The van der Waals surface area contributed by atoms with Crippen LogP contribution in [0.5, 0.6) is 5.75 Å². The number of nitrogens with zero attached hydrogens (tertiary/aromatic N) is 2. The van der Waals surface area contributed by atoms with E-state index in [-0.39, 0.29) is 24.1 Å². The molecule has 17 heavy (non-hydrogen) atoms. The summed E-state index contributed by atoms with van der Waals surface area (Å²) in [6, 6.07) is 6.70. The molecule has 0 aliphatic carbocycles. The number of rotatable bonds is 3. The predicted octanol–water partition coefficient (Wildman–Crippen LogP) is 1.26. The van der Waals surface area contributed by atoms with Crippen LogP contribution in [-0.2, 0) is 11.2 Å². The number of para-hydroxylation sites is 1. The third-order valence-electron chi connectivity index (χ3n) is 2.12. The molecule has 0 saturated carbocycles. The van der Waals surface area contributed by atoms with Crippen molar-refractivity contribution >= 4 is 11.9 Å². The molecule has 0 radical (unpaired) electrons. The molecule has 1 aromatic carbocycles. The summed E-state index contributed by atoms with van der Waals surface area (Å²) in [6.45, 7) is 1.63. The zero-order chi connectivity index (χ0) is 12.3. The van der Waals surface area contributed by atoms with Crippen molar-refractivity contribution < 1.29 is 14.3 Å². The fraction of sp³-hybridized carbons (Fsp3) is 0.182. The molecule has 2 N–H and O–H groups in total. The Morgan fingerprint density at radius 3 is 2.82 bits per heavy atom. The van der Waals surface area contributed by atoms with Crippen LogP contribution in [0.15, 0.2) is 28.7 Å². The van der Waals surface area contributed by atoms with E-state index >= 15 is 0 Å². The third kappa shape index (κ3) is 2.81. The van der Waals surface area contributed by atoms with Gasteiger partial charge in [-0.05, 0) is 6.07 Å². The predicted molar refractivity (Wildman–Crippen MR) is 59.5 cm³/mol. The summed E-state index contributed by atoms with van der Waals surface area (Å²) >= 11 is 0. The molecule has 2 rings (SSSR count). The summed E-state index contributed by atoms with van der Waals surface area (Å²) in [6.07, 6.45) is 0.0497. The number of anilines is 1. The Hall–Kier alpha value is -2.37. The molecule has 1 amide bonds. The van der Waals surface area contributed by atoms with E-state index in [0.29, 0.717) is 11.5 Å². The van der Waals surface area contributed by atoms with Crippen LogP contribution in [0.2, 0.25) is 0 Å². The van der Waals surface area contributed by atoms with E-state index in [1.165, 1.54) is 6.07 Å². The quantitative estimate of drug-likeness (QED) is 0.833. The second-order valence-corrected chi connectivity index (χ2v) is 3.48. The van der Waals surface area contributed by atoms with Gasteiger partial charge in [-0.25, -0.2) is 0 Å². The Morgan fingerprint density at radius 1 is 1.41 bits per heavy atom. The highest BCUT2D eigenvalue weighted by Crippen LogP contribution is 2.16. The Kier molecular flexibility index (Phi) is 3.04. The molecule has 0 aliphatic rings. The number of carbonyl (C=O) groups is 1. The van der Waals surface area contributed by atoms with Gasteiger partial charge < -0.3 is 9.52 Å². The van der Waals surface area contributed by atoms with Gasteiger partial charge in [0.1, 0.15) is 5.75 Å². The highest BCUT2D eigenvalue weighted by Gasteiger charge is 2.10. The molecular formula is C11H11N3O3. The van der Waals surface area contributed by atoms with Gasteiger partial charge in [0.05, 0.1) is 6.42 Å². The molecule has 0 bridgehead atoms. The number of hydrogen-bond donors (Lipinski definition) is 2. The minimum absolute atomic E-state index is 0.0497. The lowest BCUT2D eigenvalue weighted by atomic mass is 10.1. The van der Waals surface area contributed by atoms with Crippen LogP contribution in [0.4, 0.5) is 6.01 Å². The third-order valence-corrected chi connectivity index (χ3v) is 2.12. The first-order valence-electron chi connectivity index (χ1n) is 5.02. The fourth-order valence-electron chi connectivity index (χ4n) is 1.34. The first-order valence-corrected chi connectivity index (χ1v) is 5.02. The highest BCUT2D eigenvalue weighted by atomic mass is 16.4. The minimum atomic E-state index is -0.324. The van der Waals surface area contributed by atoms with Gasteiger partial charge in [-0.3, -0.25) is 10.1 Å². The molecule has 88 valence electrons. The number of carbonyl (C=O) groups excluding carboxylic acids is 1. The minimum Gasteiger partial charge on any atom is -0.508 e. The van der Waals surface area contributed by atoms with E-state index in [9.17, 15) is 9.90 Å². The standard InChI is InChI=1S/C11H11N3O3/c1-7-13-14-11(17-7)12-10(16)6-8-4-2-3-5-9(8)15/h2-5,15H,6H2,1H3,(H,12,14,16).